The number of ether oxygens (including phenoxy) is 2. The van der Waals surface area contributed by atoms with Crippen molar-refractivity contribution < 1.29 is 14.3 Å². The smallest absolute Gasteiger partial charge is 0.234 e. The molecule has 0 aromatic heterocycles. The van der Waals surface area contributed by atoms with Crippen LogP contribution in [0.3, 0.4) is 0 Å². The number of benzene rings is 1. The van der Waals surface area contributed by atoms with Gasteiger partial charge in [-0.1, -0.05) is 6.07 Å². The lowest BCUT2D eigenvalue weighted by molar-refractivity contribution is -0.119. The zero-order valence-corrected chi connectivity index (χ0v) is 10.4. The van der Waals surface area contributed by atoms with Crippen molar-refractivity contribution in [1.82, 2.24) is 5.32 Å². The zero-order valence-electron chi connectivity index (χ0n) is 10.4. The molecule has 0 aliphatic carbocycles. The first-order chi connectivity index (χ1) is 8.66. The first-order valence-corrected chi connectivity index (χ1v) is 6.08. The van der Waals surface area contributed by atoms with Gasteiger partial charge in [-0.2, -0.15) is 0 Å². The Kier molecular flexibility index (Phi) is 4.04. The largest absolute Gasteiger partial charge is 0.490 e. The number of carbonyl (C=O) groups excluding carboxylic acids is 1. The molecule has 1 aliphatic heterocycles. The van der Waals surface area contributed by atoms with Crippen molar-refractivity contribution in [3.63, 3.8) is 0 Å². The average molecular weight is 250 g/mol. The van der Waals surface area contributed by atoms with E-state index in [1.807, 2.05) is 18.2 Å². The number of hydrogen-bond acceptors (Lipinski definition) is 4. The van der Waals surface area contributed by atoms with Crippen molar-refractivity contribution in [3.8, 4) is 11.5 Å². The number of hydrogen-bond donors (Lipinski definition) is 2. The maximum Gasteiger partial charge on any atom is 0.234 e. The quantitative estimate of drug-likeness (QED) is 0.829. The lowest BCUT2D eigenvalue weighted by Crippen LogP contribution is -2.38. The molecule has 0 spiro atoms. The average Bonchev–Trinajstić information content (AvgIpc) is 2.60. The van der Waals surface area contributed by atoms with Gasteiger partial charge in [0.15, 0.2) is 11.5 Å². The number of primary amides is 1. The van der Waals surface area contributed by atoms with Gasteiger partial charge in [0.1, 0.15) is 0 Å². The molecule has 1 aliphatic rings. The van der Waals surface area contributed by atoms with E-state index in [1.54, 1.807) is 6.92 Å². The first kappa shape index (κ1) is 12.7. The van der Waals surface area contributed by atoms with E-state index in [-0.39, 0.29) is 11.9 Å². The molecule has 1 unspecified atom stereocenters. The second-order valence-electron chi connectivity index (χ2n) is 4.34. The highest BCUT2D eigenvalue weighted by Gasteiger charge is 2.12. The Balaban J connectivity index is 2.02. The molecule has 1 aromatic rings. The second-order valence-corrected chi connectivity index (χ2v) is 4.34. The molecule has 0 fully saturated rings. The van der Waals surface area contributed by atoms with Gasteiger partial charge in [-0.05, 0) is 24.6 Å². The molecule has 0 saturated carbocycles. The van der Waals surface area contributed by atoms with Crippen molar-refractivity contribution in [1.29, 1.82) is 0 Å². The minimum absolute atomic E-state index is 0.346. The highest BCUT2D eigenvalue weighted by atomic mass is 16.5. The predicted octanol–water partition coefficient (Wildman–Crippen LogP) is 0.811. The van der Waals surface area contributed by atoms with Crippen LogP contribution in [0.25, 0.3) is 0 Å². The van der Waals surface area contributed by atoms with Crippen LogP contribution in [0.15, 0.2) is 18.2 Å². The van der Waals surface area contributed by atoms with Gasteiger partial charge in [-0.15, -0.1) is 0 Å². The minimum Gasteiger partial charge on any atom is -0.490 e. The third-order valence-electron chi connectivity index (χ3n) is 2.85. The van der Waals surface area contributed by atoms with E-state index >= 15 is 0 Å². The third kappa shape index (κ3) is 3.13. The molecule has 1 aromatic carbocycles. The summed E-state index contributed by atoms with van der Waals surface area (Å²) in [7, 11) is 0. The van der Waals surface area contributed by atoms with Crippen LogP contribution < -0.4 is 20.5 Å². The Bertz CT molecular complexity index is 434. The number of rotatable bonds is 4. The van der Waals surface area contributed by atoms with Gasteiger partial charge in [-0.25, -0.2) is 0 Å². The summed E-state index contributed by atoms with van der Waals surface area (Å²) < 4.78 is 11.1. The van der Waals surface area contributed by atoms with Gasteiger partial charge in [0.2, 0.25) is 5.91 Å². The number of nitrogens with two attached hydrogens (primary N) is 1. The number of fused-ring (bicyclic) bond motifs is 1. The Hall–Kier alpha value is -1.75. The highest BCUT2D eigenvalue weighted by Crippen LogP contribution is 2.30. The van der Waals surface area contributed by atoms with E-state index in [2.05, 4.69) is 5.32 Å². The normalized spacial score (nSPS) is 15.8. The molecule has 1 amide bonds. The molecule has 1 heterocycles. The van der Waals surface area contributed by atoms with Crippen LogP contribution in [-0.2, 0) is 11.3 Å². The Morgan fingerprint density at radius 2 is 2.11 bits per heavy atom. The van der Waals surface area contributed by atoms with Crippen molar-refractivity contribution in [2.45, 2.75) is 25.9 Å². The van der Waals surface area contributed by atoms with Crippen LogP contribution in [-0.4, -0.2) is 25.2 Å². The Morgan fingerprint density at radius 1 is 1.39 bits per heavy atom. The minimum atomic E-state index is -0.357. The highest BCUT2D eigenvalue weighted by molar-refractivity contribution is 5.79. The number of amides is 1. The van der Waals surface area contributed by atoms with E-state index in [0.717, 1.165) is 23.5 Å². The molecule has 18 heavy (non-hydrogen) atoms. The number of carbonyl (C=O) groups is 1. The predicted molar refractivity (Wildman–Crippen MR) is 67.5 cm³/mol. The van der Waals surface area contributed by atoms with Gasteiger partial charge >= 0.3 is 0 Å². The summed E-state index contributed by atoms with van der Waals surface area (Å²) in [6, 6.07) is 5.43. The lowest BCUT2D eigenvalue weighted by Gasteiger charge is -2.12. The van der Waals surface area contributed by atoms with E-state index in [9.17, 15) is 4.79 Å². The van der Waals surface area contributed by atoms with Crippen molar-refractivity contribution in [2.75, 3.05) is 13.2 Å². The Labute approximate surface area is 106 Å². The first-order valence-electron chi connectivity index (χ1n) is 6.08. The summed E-state index contributed by atoms with van der Waals surface area (Å²) in [4.78, 5) is 10.9. The summed E-state index contributed by atoms with van der Waals surface area (Å²) in [6.07, 6.45) is 0.890. The van der Waals surface area contributed by atoms with Crippen LogP contribution in [0.1, 0.15) is 18.9 Å². The van der Waals surface area contributed by atoms with Gasteiger partial charge in [0.05, 0.1) is 19.3 Å². The fourth-order valence-corrected chi connectivity index (χ4v) is 1.69. The summed E-state index contributed by atoms with van der Waals surface area (Å²) in [5.41, 5.74) is 6.22. The molecule has 3 N–H and O–H groups in total. The topological polar surface area (TPSA) is 73.6 Å². The molecular formula is C13H18N2O3. The van der Waals surface area contributed by atoms with Gasteiger partial charge in [0.25, 0.3) is 0 Å². The maximum atomic E-state index is 10.9. The summed E-state index contributed by atoms with van der Waals surface area (Å²) in [5.74, 6) is 1.18. The van der Waals surface area contributed by atoms with E-state index < -0.39 is 0 Å². The molecule has 98 valence electrons. The molecule has 5 nitrogen and oxygen atoms in total. The van der Waals surface area contributed by atoms with Crippen molar-refractivity contribution in [3.05, 3.63) is 23.8 Å². The molecule has 2 rings (SSSR count). The molecule has 1 atom stereocenters. The van der Waals surface area contributed by atoms with Crippen LogP contribution >= 0.6 is 0 Å². The Morgan fingerprint density at radius 3 is 2.83 bits per heavy atom. The molecule has 0 radical (unpaired) electrons. The maximum absolute atomic E-state index is 10.9. The molecule has 0 bridgehead atoms. The van der Waals surface area contributed by atoms with Gasteiger partial charge < -0.3 is 20.5 Å². The SMILES string of the molecule is CC(NCc1ccc2c(c1)OCCCO2)C(N)=O. The van der Waals surface area contributed by atoms with E-state index in [1.165, 1.54) is 0 Å². The summed E-state index contributed by atoms with van der Waals surface area (Å²) in [6.45, 7) is 3.66. The van der Waals surface area contributed by atoms with Crippen molar-refractivity contribution >= 4 is 5.91 Å². The van der Waals surface area contributed by atoms with Crippen LogP contribution in [0.5, 0.6) is 11.5 Å². The van der Waals surface area contributed by atoms with Crippen LogP contribution in [0.4, 0.5) is 0 Å². The lowest BCUT2D eigenvalue weighted by atomic mass is 10.2. The fourth-order valence-electron chi connectivity index (χ4n) is 1.69. The second kappa shape index (κ2) is 5.73. The number of nitrogens with one attached hydrogen (secondary N) is 1. The van der Waals surface area contributed by atoms with Crippen LogP contribution in [0, 0.1) is 0 Å². The molecule has 0 saturated heterocycles. The van der Waals surface area contributed by atoms with Gasteiger partial charge in [0, 0.05) is 13.0 Å². The molecular weight excluding hydrogens is 232 g/mol. The zero-order chi connectivity index (χ0) is 13.0. The van der Waals surface area contributed by atoms with E-state index in [4.69, 9.17) is 15.2 Å². The molecule has 5 heteroatoms. The fraction of sp³-hybridized carbons (Fsp3) is 0.462. The summed E-state index contributed by atoms with van der Waals surface area (Å²) in [5, 5.41) is 3.05. The monoisotopic (exact) mass is 250 g/mol. The van der Waals surface area contributed by atoms with Crippen LogP contribution in [0.2, 0.25) is 0 Å². The van der Waals surface area contributed by atoms with Crippen molar-refractivity contribution in [2.24, 2.45) is 5.73 Å². The summed E-state index contributed by atoms with van der Waals surface area (Å²) >= 11 is 0. The van der Waals surface area contributed by atoms with E-state index in [0.29, 0.717) is 19.8 Å². The van der Waals surface area contributed by atoms with Gasteiger partial charge in [-0.3, -0.25) is 4.79 Å². The standard InChI is InChI=1S/C13H18N2O3/c1-9(13(14)16)15-8-10-3-4-11-12(7-10)18-6-2-5-17-11/h3-4,7,9,15H,2,5-6,8H2,1H3,(H2,14,16). The third-order valence-corrected chi connectivity index (χ3v) is 2.85.